The number of hydrogen-bond acceptors (Lipinski definition) is 5. The molecule has 0 saturated carbocycles. The number of nitrogens with one attached hydrogen (secondary N) is 2. The van der Waals surface area contributed by atoms with Crippen molar-refractivity contribution in [2.75, 3.05) is 47.0 Å². The van der Waals surface area contributed by atoms with Gasteiger partial charge >= 0.3 is 0 Å². The molecule has 3 N–H and O–H groups in total. The van der Waals surface area contributed by atoms with Gasteiger partial charge in [-0.3, -0.25) is 4.79 Å². The van der Waals surface area contributed by atoms with Gasteiger partial charge in [-0.15, -0.1) is 0 Å². The number of likely N-dealkylation sites (tertiary alicyclic amines) is 1. The normalized spacial score (nSPS) is 15.2. The Morgan fingerprint density at radius 2 is 2.07 bits per heavy atom. The number of piperidine rings is 1. The Labute approximate surface area is 173 Å². The molecule has 1 aromatic carbocycles. The summed E-state index contributed by atoms with van der Waals surface area (Å²) in [6.07, 6.45) is 2.58. The highest BCUT2D eigenvalue weighted by Crippen LogP contribution is 2.28. The molecule has 0 aliphatic carbocycles. The number of rotatable bonds is 9. The van der Waals surface area contributed by atoms with Crippen molar-refractivity contribution >= 4 is 11.9 Å². The second-order valence-corrected chi connectivity index (χ2v) is 7.04. The van der Waals surface area contributed by atoms with E-state index in [9.17, 15) is 4.79 Å². The van der Waals surface area contributed by atoms with Gasteiger partial charge in [0, 0.05) is 33.1 Å². The summed E-state index contributed by atoms with van der Waals surface area (Å²) in [6, 6.07) is 5.71. The van der Waals surface area contributed by atoms with Crippen LogP contribution in [0.3, 0.4) is 0 Å². The summed E-state index contributed by atoms with van der Waals surface area (Å²) in [5.74, 6) is 2.69. The molecule has 2 rings (SSSR count). The maximum absolute atomic E-state index is 11.6. The van der Waals surface area contributed by atoms with Gasteiger partial charge in [0.25, 0.3) is 0 Å². The second-order valence-electron chi connectivity index (χ2n) is 7.04. The Bertz CT molecular complexity index is 673. The molecule has 0 aromatic heterocycles. The number of carbonyl (C=O) groups excluding carboxylic acids is 1. The van der Waals surface area contributed by atoms with Crippen molar-refractivity contribution in [2.24, 2.45) is 10.9 Å². The monoisotopic (exact) mass is 406 g/mol. The number of benzene rings is 1. The lowest BCUT2D eigenvalue weighted by Gasteiger charge is -2.34. The lowest BCUT2D eigenvalue weighted by atomic mass is 9.93. The van der Waals surface area contributed by atoms with Crippen molar-refractivity contribution in [2.45, 2.75) is 32.7 Å². The lowest BCUT2D eigenvalue weighted by Crippen LogP contribution is -2.46. The zero-order valence-electron chi connectivity index (χ0n) is 17.7. The average molecular weight is 407 g/mol. The molecule has 0 atom stereocenters. The molecule has 162 valence electrons. The standard InChI is InChI=1S/C21H34N4O4/c1-4-23-21(25-9-7-16(8-10-25)14-20(27)22-2)24-15-17-5-6-18(29-12-11-26)19(13-17)28-3/h5-6,13,16,26H,4,7-12,14-15H2,1-3H3,(H,22,27)(H,23,24). The highest BCUT2D eigenvalue weighted by atomic mass is 16.5. The number of guanidine groups is 1. The van der Waals surface area contributed by atoms with Crippen LogP contribution in [0.4, 0.5) is 0 Å². The molecule has 29 heavy (non-hydrogen) atoms. The van der Waals surface area contributed by atoms with Crippen LogP contribution in [0.25, 0.3) is 0 Å². The van der Waals surface area contributed by atoms with Gasteiger partial charge in [0.2, 0.25) is 5.91 Å². The number of methoxy groups -OCH3 is 1. The van der Waals surface area contributed by atoms with Crippen LogP contribution >= 0.6 is 0 Å². The molecular formula is C21H34N4O4. The molecule has 1 amide bonds. The first-order chi connectivity index (χ1) is 14.1. The van der Waals surface area contributed by atoms with E-state index in [1.54, 1.807) is 14.2 Å². The molecule has 8 nitrogen and oxygen atoms in total. The quantitative estimate of drug-likeness (QED) is 0.424. The van der Waals surface area contributed by atoms with Gasteiger partial charge in [-0.1, -0.05) is 6.07 Å². The third-order valence-electron chi connectivity index (χ3n) is 4.99. The number of amides is 1. The van der Waals surface area contributed by atoms with Gasteiger partial charge in [0.15, 0.2) is 17.5 Å². The summed E-state index contributed by atoms with van der Waals surface area (Å²) in [5.41, 5.74) is 1.02. The molecule has 8 heteroatoms. The number of ether oxygens (including phenoxy) is 2. The molecule has 1 heterocycles. The molecule has 1 aromatic rings. The minimum absolute atomic E-state index is 0.0406. The van der Waals surface area contributed by atoms with E-state index in [4.69, 9.17) is 19.6 Å². The van der Waals surface area contributed by atoms with Crippen LogP contribution in [0.1, 0.15) is 31.7 Å². The van der Waals surface area contributed by atoms with E-state index < -0.39 is 0 Å². The zero-order chi connectivity index (χ0) is 21.1. The zero-order valence-corrected chi connectivity index (χ0v) is 17.7. The summed E-state index contributed by atoms with van der Waals surface area (Å²) in [6.45, 7) is 5.36. The fourth-order valence-corrected chi connectivity index (χ4v) is 3.39. The topological polar surface area (TPSA) is 95.4 Å². The minimum Gasteiger partial charge on any atom is -0.493 e. The molecule has 0 radical (unpaired) electrons. The largest absolute Gasteiger partial charge is 0.493 e. The Hall–Kier alpha value is -2.48. The number of aliphatic hydroxyl groups is 1. The second kappa shape index (κ2) is 12.2. The van der Waals surface area contributed by atoms with Crippen LogP contribution in [0.15, 0.2) is 23.2 Å². The molecule has 0 spiro atoms. The SMILES string of the molecule is CCNC(=NCc1ccc(OCCO)c(OC)c1)N1CCC(CC(=O)NC)CC1. The van der Waals surface area contributed by atoms with Gasteiger partial charge < -0.3 is 30.1 Å². The van der Waals surface area contributed by atoms with Gasteiger partial charge in [0.05, 0.1) is 20.3 Å². The van der Waals surface area contributed by atoms with Crippen LogP contribution in [0.5, 0.6) is 11.5 Å². The first kappa shape index (κ1) is 22.8. The predicted molar refractivity (Wildman–Crippen MR) is 113 cm³/mol. The Balaban J connectivity index is 1.99. The predicted octanol–water partition coefficient (Wildman–Crippen LogP) is 1.38. The maximum atomic E-state index is 11.6. The van der Waals surface area contributed by atoms with E-state index >= 15 is 0 Å². The van der Waals surface area contributed by atoms with Crippen molar-refractivity contribution in [1.29, 1.82) is 0 Å². The lowest BCUT2D eigenvalue weighted by molar-refractivity contribution is -0.121. The third kappa shape index (κ3) is 7.12. The average Bonchev–Trinajstić information content (AvgIpc) is 2.75. The van der Waals surface area contributed by atoms with Gasteiger partial charge in [-0.2, -0.15) is 0 Å². The smallest absolute Gasteiger partial charge is 0.220 e. The van der Waals surface area contributed by atoms with Crippen LogP contribution in [-0.4, -0.2) is 68.9 Å². The fraction of sp³-hybridized carbons (Fsp3) is 0.619. The van der Waals surface area contributed by atoms with Crippen LogP contribution in [-0.2, 0) is 11.3 Å². The van der Waals surface area contributed by atoms with E-state index in [-0.39, 0.29) is 19.1 Å². The number of hydrogen-bond donors (Lipinski definition) is 3. The first-order valence-electron chi connectivity index (χ1n) is 10.3. The molecule has 1 fully saturated rings. The molecule has 1 saturated heterocycles. The summed E-state index contributed by atoms with van der Waals surface area (Å²) < 4.78 is 10.9. The third-order valence-corrected chi connectivity index (χ3v) is 4.99. The van der Waals surface area contributed by atoms with E-state index in [1.807, 2.05) is 18.2 Å². The number of aliphatic imine (C=N–C) groups is 1. The maximum Gasteiger partial charge on any atom is 0.220 e. The summed E-state index contributed by atoms with van der Waals surface area (Å²) in [4.78, 5) is 18.7. The molecule has 0 unspecified atom stereocenters. The highest BCUT2D eigenvalue weighted by Gasteiger charge is 2.23. The highest BCUT2D eigenvalue weighted by molar-refractivity contribution is 5.80. The van der Waals surface area contributed by atoms with E-state index in [2.05, 4.69) is 22.5 Å². The minimum atomic E-state index is -0.0406. The Kier molecular flexibility index (Phi) is 9.56. The van der Waals surface area contributed by atoms with Crippen molar-refractivity contribution < 1.29 is 19.4 Å². The number of nitrogens with zero attached hydrogens (tertiary/aromatic N) is 2. The van der Waals surface area contributed by atoms with Crippen LogP contribution < -0.4 is 20.1 Å². The molecule has 0 bridgehead atoms. The molecule has 1 aliphatic heterocycles. The van der Waals surface area contributed by atoms with E-state index in [0.717, 1.165) is 44.0 Å². The van der Waals surface area contributed by atoms with Gasteiger partial charge in [0.1, 0.15) is 6.61 Å². The van der Waals surface area contributed by atoms with Crippen LogP contribution in [0, 0.1) is 5.92 Å². The number of carbonyl (C=O) groups is 1. The Morgan fingerprint density at radius 3 is 2.69 bits per heavy atom. The summed E-state index contributed by atoms with van der Waals surface area (Å²) >= 11 is 0. The fourth-order valence-electron chi connectivity index (χ4n) is 3.39. The van der Waals surface area contributed by atoms with E-state index in [0.29, 0.717) is 30.4 Å². The summed E-state index contributed by atoms with van der Waals surface area (Å²) in [5, 5.41) is 15.0. The van der Waals surface area contributed by atoms with E-state index in [1.165, 1.54) is 0 Å². The molecule has 1 aliphatic rings. The van der Waals surface area contributed by atoms with Gasteiger partial charge in [-0.05, 0) is 43.4 Å². The van der Waals surface area contributed by atoms with Crippen molar-refractivity contribution in [1.82, 2.24) is 15.5 Å². The van der Waals surface area contributed by atoms with Crippen LogP contribution in [0.2, 0.25) is 0 Å². The molecular weight excluding hydrogens is 372 g/mol. The van der Waals surface area contributed by atoms with Gasteiger partial charge in [-0.25, -0.2) is 4.99 Å². The Morgan fingerprint density at radius 1 is 1.31 bits per heavy atom. The van der Waals surface area contributed by atoms with Crippen molar-refractivity contribution in [3.63, 3.8) is 0 Å². The van der Waals surface area contributed by atoms with Crippen molar-refractivity contribution in [3.05, 3.63) is 23.8 Å². The number of aliphatic hydroxyl groups excluding tert-OH is 1. The van der Waals surface area contributed by atoms with Crippen molar-refractivity contribution in [3.8, 4) is 11.5 Å². The summed E-state index contributed by atoms with van der Waals surface area (Å²) in [7, 11) is 3.29. The first-order valence-corrected chi connectivity index (χ1v) is 10.3.